The van der Waals surface area contributed by atoms with Gasteiger partial charge in [-0.1, -0.05) is 48.5 Å². The van der Waals surface area contributed by atoms with Crippen LogP contribution in [0.4, 0.5) is 0 Å². The lowest BCUT2D eigenvalue weighted by molar-refractivity contribution is 0.184. The van der Waals surface area contributed by atoms with Gasteiger partial charge in [0.05, 0.1) is 0 Å². The Hall–Kier alpha value is -2.43. The summed E-state index contributed by atoms with van der Waals surface area (Å²) in [4.78, 5) is 10.1. The fourth-order valence-electron chi connectivity index (χ4n) is 3.37. The summed E-state index contributed by atoms with van der Waals surface area (Å²) in [5.41, 5.74) is 1.22. The summed E-state index contributed by atoms with van der Waals surface area (Å²) in [5.74, 6) is 1.56. The minimum Gasteiger partial charge on any atom is -0.386 e. The molecule has 0 fully saturated rings. The number of rotatable bonds is 8. The van der Waals surface area contributed by atoms with Gasteiger partial charge in [0.25, 0.3) is 0 Å². The summed E-state index contributed by atoms with van der Waals surface area (Å²) in [5, 5.41) is 18.3. The highest BCUT2D eigenvalue weighted by molar-refractivity contribution is 14.0. The highest BCUT2D eigenvalue weighted by Gasteiger charge is 2.12. The molecule has 1 unspecified atom stereocenters. The first-order valence-corrected chi connectivity index (χ1v) is 11.3. The Kier molecular flexibility index (Phi) is 9.07. The second-order valence-electron chi connectivity index (χ2n) is 7.24. The number of halogens is 1. The summed E-state index contributed by atoms with van der Waals surface area (Å²) in [6, 6.07) is 20.5. The molecule has 0 radical (unpaired) electrons. The van der Waals surface area contributed by atoms with E-state index in [1.54, 1.807) is 17.5 Å². The SMILES string of the molecule is CCNC(=NCc1nccn1Cc1ccccc1)NCC(O)c1cc2ccccc2s1.I. The van der Waals surface area contributed by atoms with Crippen molar-refractivity contribution in [2.24, 2.45) is 4.99 Å². The van der Waals surface area contributed by atoms with Gasteiger partial charge in [-0.15, -0.1) is 35.3 Å². The van der Waals surface area contributed by atoms with Crippen LogP contribution in [0, 0.1) is 0 Å². The number of benzene rings is 2. The van der Waals surface area contributed by atoms with Crippen molar-refractivity contribution >= 4 is 51.4 Å². The highest BCUT2D eigenvalue weighted by Crippen LogP contribution is 2.29. The van der Waals surface area contributed by atoms with Crippen LogP contribution in [0.25, 0.3) is 10.1 Å². The van der Waals surface area contributed by atoms with Crippen molar-refractivity contribution in [1.82, 2.24) is 20.2 Å². The van der Waals surface area contributed by atoms with Gasteiger partial charge in [0, 0.05) is 41.6 Å². The lowest BCUT2D eigenvalue weighted by atomic mass is 10.2. The Bertz CT molecular complexity index is 1110. The number of nitrogens with zero attached hydrogens (tertiary/aromatic N) is 3. The average Bonchev–Trinajstić information content (AvgIpc) is 3.43. The maximum atomic E-state index is 10.6. The zero-order valence-electron chi connectivity index (χ0n) is 17.9. The van der Waals surface area contributed by atoms with E-state index >= 15 is 0 Å². The predicted octanol–water partition coefficient (Wildman–Crippen LogP) is 4.55. The van der Waals surface area contributed by atoms with E-state index in [0.717, 1.165) is 29.2 Å². The molecule has 168 valence electrons. The van der Waals surface area contributed by atoms with E-state index in [1.165, 1.54) is 10.3 Å². The van der Waals surface area contributed by atoms with Crippen molar-refractivity contribution < 1.29 is 5.11 Å². The molecule has 0 amide bonds. The number of hydrogen-bond donors (Lipinski definition) is 3. The number of thiophene rings is 1. The van der Waals surface area contributed by atoms with E-state index < -0.39 is 6.10 Å². The molecule has 2 aromatic heterocycles. The molecule has 8 heteroatoms. The van der Waals surface area contributed by atoms with Gasteiger partial charge in [0.1, 0.15) is 18.5 Å². The third kappa shape index (κ3) is 6.30. The molecule has 0 aliphatic heterocycles. The van der Waals surface area contributed by atoms with Crippen LogP contribution in [-0.4, -0.2) is 33.7 Å². The van der Waals surface area contributed by atoms with Gasteiger partial charge in [-0.25, -0.2) is 9.98 Å². The molecule has 32 heavy (non-hydrogen) atoms. The van der Waals surface area contributed by atoms with Gasteiger partial charge in [-0.2, -0.15) is 0 Å². The van der Waals surface area contributed by atoms with Crippen molar-refractivity contribution in [3.63, 3.8) is 0 Å². The fourth-order valence-corrected chi connectivity index (χ4v) is 4.42. The summed E-state index contributed by atoms with van der Waals surface area (Å²) < 4.78 is 3.29. The smallest absolute Gasteiger partial charge is 0.191 e. The second kappa shape index (κ2) is 12.0. The molecule has 0 bridgehead atoms. The Morgan fingerprint density at radius 1 is 1.12 bits per heavy atom. The van der Waals surface area contributed by atoms with E-state index in [9.17, 15) is 5.11 Å². The fraction of sp³-hybridized carbons (Fsp3) is 0.250. The number of aromatic nitrogens is 2. The van der Waals surface area contributed by atoms with Gasteiger partial charge in [-0.3, -0.25) is 0 Å². The molecule has 0 aliphatic rings. The van der Waals surface area contributed by atoms with E-state index in [1.807, 2.05) is 43.5 Å². The lowest BCUT2D eigenvalue weighted by Gasteiger charge is -2.14. The standard InChI is InChI=1S/C24H27N5OS.HI/c1-2-25-24(27-15-20(30)22-14-19-10-6-7-11-21(19)31-22)28-16-23-26-12-13-29(23)17-18-8-4-3-5-9-18;/h3-14,20,30H,2,15-17H2,1H3,(H2,25,27,28);1H. The summed E-state index contributed by atoms with van der Waals surface area (Å²) in [6.07, 6.45) is 3.18. The number of aliphatic hydroxyl groups excluding tert-OH is 1. The molecule has 2 aromatic carbocycles. The Morgan fingerprint density at radius 3 is 2.69 bits per heavy atom. The second-order valence-corrected chi connectivity index (χ2v) is 8.35. The van der Waals surface area contributed by atoms with Crippen molar-refractivity contribution in [2.75, 3.05) is 13.1 Å². The largest absolute Gasteiger partial charge is 0.386 e. The van der Waals surface area contributed by atoms with Crippen molar-refractivity contribution in [2.45, 2.75) is 26.1 Å². The van der Waals surface area contributed by atoms with Crippen molar-refractivity contribution in [3.8, 4) is 0 Å². The zero-order chi connectivity index (χ0) is 21.5. The van der Waals surface area contributed by atoms with Gasteiger partial charge < -0.3 is 20.3 Å². The molecule has 2 heterocycles. The highest BCUT2D eigenvalue weighted by atomic mass is 127. The molecule has 4 aromatic rings. The number of guanidine groups is 1. The first-order chi connectivity index (χ1) is 15.2. The molecule has 0 saturated heterocycles. The lowest BCUT2D eigenvalue weighted by Crippen LogP contribution is -2.39. The van der Waals surface area contributed by atoms with Crippen LogP contribution < -0.4 is 10.6 Å². The van der Waals surface area contributed by atoms with Crippen LogP contribution in [0.1, 0.15) is 29.3 Å². The van der Waals surface area contributed by atoms with Crippen LogP contribution in [0.2, 0.25) is 0 Å². The van der Waals surface area contributed by atoms with Crippen LogP contribution in [0.15, 0.2) is 78.0 Å². The zero-order valence-corrected chi connectivity index (χ0v) is 21.1. The molecule has 0 saturated carbocycles. The number of imidazole rings is 1. The number of fused-ring (bicyclic) bond motifs is 1. The summed E-state index contributed by atoms with van der Waals surface area (Å²) in [7, 11) is 0. The van der Waals surface area contributed by atoms with Gasteiger partial charge in [-0.05, 0) is 30.0 Å². The molecular formula is C24H28IN5OS. The molecule has 6 nitrogen and oxygen atoms in total. The Labute approximate surface area is 209 Å². The maximum Gasteiger partial charge on any atom is 0.191 e. The normalized spacial score (nSPS) is 12.4. The molecular weight excluding hydrogens is 533 g/mol. The van der Waals surface area contributed by atoms with E-state index in [-0.39, 0.29) is 24.0 Å². The van der Waals surface area contributed by atoms with E-state index in [4.69, 9.17) is 0 Å². The predicted molar refractivity (Wildman–Crippen MR) is 143 cm³/mol. The first-order valence-electron chi connectivity index (χ1n) is 10.5. The van der Waals surface area contributed by atoms with E-state index in [0.29, 0.717) is 19.0 Å². The Balaban J connectivity index is 0.00000289. The maximum absolute atomic E-state index is 10.6. The number of hydrogen-bond acceptors (Lipinski definition) is 4. The van der Waals surface area contributed by atoms with Crippen molar-refractivity contribution in [3.05, 3.63) is 89.3 Å². The third-order valence-corrected chi connectivity index (χ3v) is 6.17. The summed E-state index contributed by atoms with van der Waals surface area (Å²) in [6.45, 7) is 4.37. The first kappa shape index (κ1) is 24.2. The topological polar surface area (TPSA) is 74.5 Å². The van der Waals surface area contributed by atoms with Crippen LogP contribution >= 0.6 is 35.3 Å². The number of nitrogens with one attached hydrogen (secondary N) is 2. The molecule has 0 aliphatic carbocycles. The van der Waals surface area contributed by atoms with Crippen LogP contribution in [0.3, 0.4) is 0 Å². The molecule has 4 rings (SSSR count). The minimum absolute atomic E-state index is 0. The van der Waals surface area contributed by atoms with Gasteiger partial charge in [0.2, 0.25) is 0 Å². The average molecular weight is 561 g/mol. The van der Waals surface area contributed by atoms with Crippen LogP contribution in [-0.2, 0) is 13.1 Å². The number of aliphatic imine (C=N–C) groups is 1. The van der Waals surface area contributed by atoms with E-state index in [2.05, 4.69) is 55.5 Å². The third-order valence-electron chi connectivity index (χ3n) is 4.96. The minimum atomic E-state index is -0.596. The number of aliphatic hydroxyl groups is 1. The van der Waals surface area contributed by atoms with Crippen LogP contribution in [0.5, 0.6) is 0 Å². The monoisotopic (exact) mass is 561 g/mol. The van der Waals surface area contributed by atoms with Crippen molar-refractivity contribution in [1.29, 1.82) is 0 Å². The molecule has 1 atom stereocenters. The molecule has 0 spiro atoms. The molecule has 3 N–H and O–H groups in total. The van der Waals surface area contributed by atoms with Gasteiger partial charge >= 0.3 is 0 Å². The van der Waals surface area contributed by atoms with Gasteiger partial charge in [0.15, 0.2) is 5.96 Å². The quantitative estimate of drug-likeness (QED) is 0.168. The summed E-state index contributed by atoms with van der Waals surface area (Å²) >= 11 is 1.62. The Morgan fingerprint density at radius 2 is 1.91 bits per heavy atom.